The van der Waals surface area contributed by atoms with Crippen molar-refractivity contribution < 1.29 is 19.1 Å². The van der Waals surface area contributed by atoms with Crippen LogP contribution >= 0.6 is 0 Å². The molecule has 0 saturated carbocycles. The van der Waals surface area contributed by atoms with E-state index < -0.39 is 5.97 Å². The van der Waals surface area contributed by atoms with Gasteiger partial charge in [0.15, 0.2) is 0 Å². The first-order valence-electron chi connectivity index (χ1n) is 7.91. The van der Waals surface area contributed by atoms with Crippen LogP contribution in [0.15, 0.2) is 42.5 Å². The molecule has 1 amide bonds. The molecular weight excluding hydrogens is 309 g/mol. The maximum Gasteiger partial charge on any atom is 0.335 e. The zero-order valence-electron chi connectivity index (χ0n) is 13.2. The SMILES string of the molecule is O=C(O)c1ccccc1CCC(=O)N1CCc2cc(F)ccc2C1. The van der Waals surface area contributed by atoms with Crippen LogP contribution in [0.4, 0.5) is 4.39 Å². The van der Waals surface area contributed by atoms with Crippen LogP contribution < -0.4 is 0 Å². The molecule has 0 saturated heterocycles. The molecule has 0 spiro atoms. The Balaban J connectivity index is 1.64. The summed E-state index contributed by atoms with van der Waals surface area (Å²) in [5.41, 5.74) is 2.83. The van der Waals surface area contributed by atoms with Gasteiger partial charge in [0.25, 0.3) is 0 Å². The van der Waals surface area contributed by atoms with Crippen molar-refractivity contribution in [3.63, 3.8) is 0 Å². The van der Waals surface area contributed by atoms with Gasteiger partial charge in [0.05, 0.1) is 5.56 Å². The molecule has 2 aromatic carbocycles. The third-order valence-electron chi connectivity index (χ3n) is 4.39. The Bertz CT molecular complexity index is 788. The summed E-state index contributed by atoms with van der Waals surface area (Å²) in [7, 11) is 0. The Kier molecular flexibility index (Phi) is 4.60. The second-order valence-electron chi connectivity index (χ2n) is 5.94. The van der Waals surface area contributed by atoms with Crippen LogP contribution in [0.2, 0.25) is 0 Å². The summed E-state index contributed by atoms with van der Waals surface area (Å²) in [5.74, 6) is -1.24. The topological polar surface area (TPSA) is 57.6 Å². The maximum absolute atomic E-state index is 13.2. The largest absolute Gasteiger partial charge is 0.478 e. The smallest absolute Gasteiger partial charge is 0.335 e. The number of carboxylic acids is 1. The van der Waals surface area contributed by atoms with Gasteiger partial charge in [-0.05, 0) is 47.7 Å². The number of rotatable bonds is 4. The van der Waals surface area contributed by atoms with Gasteiger partial charge in [0.1, 0.15) is 5.82 Å². The third kappa shape index (κ3) is 3.45. The molecule has 1 aliphatic heterocycles. The van der Waals surface area contributed by atoms with Gasteiger partial charge in [-0.2, -0.15) is 0 Å². The Hall–Kier alpha value is -2.69. The number of carbonyl (C=O) groups is 2. The molecule has 0 bridgehead atoms. The molecule has 2 aromatic rings. The summed E-state index contributed by atoms with van der Waals surface area (Å²) in [6.07, 6.45) is 1.31. The van der Waals surface area contributed by atoms with Crippen LogP contribution in [0.3, 0.4) is 0 Å². The number of benzene rings is 2. The number of aryl methyl sites for hydroxylation is 1. The summed E-state index contributed by atoms with van der Waals surface area (Å²) >= 11 is 0. The molecule has 3 rings (SSSR count). The van der Waals surface area contributed by atoms with Crippen molar-refractivity contribution in [1.82, 2.24) is 4.90 Å². The van der Waals surface area contributed by atoms with E-state index in [2.05, 4.69) is 0 Å². The molecule has 0 radical (unpaired) electrons. The normalized spacial score (nSPS) is 13.5. The molecule has 1 aliphatic rings. The van der Waals surface area contributed by atoms with Gasteiger partial charge >= 0.3 is 5.97 Å². The summed E-state index contributed by atoms with van der Waals surface area (Å²) in [5, 5.41) is 9.19. The van der Waals surface area contributed by atoms with E-state index in [4.69, 9.17) is 0 Å². The van der Waals surface area contributed by atoms with E-state index in [-0.39, 0.29) is 23.7 Å². The molecule has 0 aliphatic carbocycles. The van der Waals surface area contributed by atoms with Crippen LogP contribution in [0.25, 0.3) is 0 Å². The first-order chi connectivity index (χ1) is 11.5. The van der Waals surface area contributed by atoms with E-state index in [1.165, 1.54) is 12.1 Å². The number of halogens is 1. The Morgan fingerprint density at radius 1 is 1.12 bits per heavy atom. The number of carboxylic acid groups (broad SMARTS) is 1. The van der Waals surface area contributed by atoms with Crippen molar-refractivity contribution in [2.45, 2.75) is 25.8 Å². The quantitative estimate of drug-likeness (QED) is 0.939. The van der Waals surface area contributed by atoms with Gasteiger partial charge in [0.2, 0.25) is 5.91 Å². The van der Waals surface area contributed by atoms with Crippen LogP contribution in [-0.2, 0) is 24.2 Å². The molecule has 0 aromatic heterocycles. The number of hydrogen-bond acceptors (Lipinski definition) is 2. The van der Waals surface area contributed by atoms with E-state index in [9.17, 15) is 19.1 Å². The lowest BCUT2D eigenvalue weighted by Crippen LogP contribution is -2.36. The van der Waals surface area contributed by atoms with Gasteiger partial charge in [0, 0.05) is 19.5 Å². The lowest BCUT2D eigenvalue weighted by atomic mass is 9.98. The first kappa shape index (κ1) is 16.2. The fourth-order valence-corrected chi connectivity index (χ4v) is 3.08. The maximum atomic E-state index is 13.2. The monoisotopic (exact) mass is 327 g/mol. The van der Waals surface area contributed by atoms with Gasteiger partial charge in [-0.3, -0.25) is 4.79 Å². The highest BCUT2D eigenvalue weighted by Crippen LogP contribution is 2.21. The zero-order valence-corrected chi connectivity index (χ0v) is 13.2. The zero-order chi connectivity index (χ0) is 17.1. The Labute approximate surface area is 139 Å². The van der Waals surface area contributed by atoms with E-state index in [1.54, 1.807) is 35.2 Å². The predicted octanol–water partition coefficient (Wildman–Crippen LogP) is 3.04. The summed E-state index contributed by atoms with van der Waals surface area (Å²) in [6, 6.07) is 11.4. The molecule has 1 N–H and O–H groups in total. The molecule has 0 unspecified atom stereocenters. The van der Waals surface area contributed by atoms with E-state index in [0.717, 1.165) is 11.1 Å². The minimum Gasteiger partial charge on any atom is -0.478 e. The molecule has 124 valence electrons. The lowest BCUT2D eigenvalue weighted by Gasteiger charge is -2.29. The average molecular weight is 327 g/mol. The van der Waals surface area contributed by atoms with Crippen molar-refractivity contribution in [2.75, 3.05) is 6.54 Å². The number of nitrogens with zero attached hydrogens (tertiary/aromatic N) is 1. The van der Waals surface area contributed by atoms with Crippen LogP contribution in [0.5, 0.6) is 0 Å². The van der Waals surface area contributed by atoms with Crippen molar-refractivity contribution >= 4 is 11.9 Å². The molecule has 24 heavy (non-hydrogen) atoms. The summed E-state index contributed by atoms with van der Waals surface area (Å²) in [4.78, 5) is 25.4. The number of hydrogen-bond donors (Lipinski definition) is 1. The Morgan fingerprint density at radius 2 is 1.92 bits per heavy atom. The van der Waals surface area contributed by atoms with Gasteiger partial charge in [-0.25, -0.2) is 9.18 Å². The van der Waals surface area contributed by atoms with Gasteiger partial charge in [-0.1, -0.05) is 24.3 Å². The highest BCUT2D eigenvalue weighted by molar-refractivity contribution is 5.89. The number of amides is 1. The van der Waals surface area contributed by atoms with Gasteiger partial charge in [-0.15, -0.1) is 0 Å². The van der Waals surface area contributed by atoms with E-state index in [0.29, 0.717) is 31.5 Å². The van der Waals surface area contributed by atoms with Crippen molar-refractivity contribution in [1.29, 1.82) is 0 Å². The number of aromatic carboxylic acids is 1. The van der Waals surface area contributed by atoms with Crippen molar-refractivity contribution in [2.24, 2.45) is 0 Å². The lowest BCUT2D eigenvalue weighted by molar-refractivity contribution is -0.132. The van der Waals surface area contributed by atoms with Crippen LogP contribution in [-0.4, -0.2) is 28.4 Å². The highest BCUT2D eigenvalue weighted by Gasteiger charge is 2.21. The molecular formula is C19H18FNO3. The summed E-state index contributed by atoms with van der Waals surface area (Å²) < 4.78 is 13.2. The standard InChI is InChI=1S/C19H18FNO3/c20-16-7-5-15-12-21(10-9-14(15)11-16)18(22)8-6-13-3-1-2-4-17(13)19(23)24/h1-5,7,11H,6,8-10,12H2,(H,23,24). The number of fused-ring (bicyclic) bond motifs is 1. The summed E-state index contributed by atoms with van der Waals surface area (Å²) in [6.45, 7) is 1.05. The molecule has 0 atom stereocenters. The Morgan fingerprint density at radius 3 is 2.71 bits per heavy atom. The molecule has 4 nitrogen and oxygen atoms in total. The van der Waals surface area contributed by atoms with Crippen molar-refractivity contribution in [3.05, 3.63) is 70.5 Å². The van der Waals surface area contributed by atoms with Crippen LogP contribution in [0.1, 0.15) is 33.5 Å². The predicted molar refractivity (Wildman–Crippen MR) is 87.2 cm³/mol. The van der Waals surface area contributed by atoms with Crippen LogP contribution in [0, 0.1) is 5.82 Å². The van der Waals surface area contributed by atoms with Gasteiger partial charge < -0.3 is 10.0 Å². The fourth-order valence-electron chi connectivity index (χ4n) is 3.08. The second-order valence-corrected chi connectivity index (χ2v) is 5.94. The average Bonchev–Trinajstić information content (AvgIpc) is 2.59. The molecule has 5 heteroatoms. The van der Waals surface area contributed by atoms with E-state index >= 15 is 0 Å². The highest BCUT2D eigenvalue weighted by atomic mass is 19.1. The second kappa shape index (κ2) is 6.83. The van der Waals surface area contributed by atoms with Crippen molar-refractivity contribution in [3.8, 4) is 0 Å². The molecule has 0 fully saturated rings. The number of carbonyl (C=O) groups excluding carboxylic acids is 1. The van der Waals surface area contributed by atoms with E-state index in [1.807, 2.05) is 0 Å². The fraction of sp³-hybridized carbons (Fsp3) is 0.263. The minimum absolute atomic E-state index is 0.00910. The third-order valence-corrected chi connectivity index (χ3v) is 4.39. The minimum atomic E-state index is -0.980. The first-order valence-corrected chi connectivity index (χ1v) is 7.91. The molecule has 1 heterocycles.